The molecule has 3 heteroatoms. The fraction of sp³-hybridized carbons (Fsp3) is 0.308. The molecular weight excluding hydrogens is 220 g/mol. The molecule has 84 valence electrons. The van der Waals surface area contributed by atoms with Crippen molar-refractivity contribution < 1.29 is 0 Å². The molecule has 0 bridgehead atoms. The van der Waals surface area contributed by atoms with E-state index in [1.807, 2.05) is 24.4 Å². The minimum absolute atomic E-state index is 0.391. The summed E-state index contributed by atoms with van der Waals surface area (Å²) in [5, 5.41) is 0.791. The molecule has 2 aromatic heterocycles. The van der Waals surface area contributed by atoms with Gasteiger partial charge in [0.25, 0.3) is 0 Å². The molecule has 2 nitrogen and oxygen atoms in total. The SMILES string of the molecule is Cc1cc(Cl)c(-c2cccnc2)n1C(C)C. The Morgan fingerprint density at radius 2 is 2.12 bits per heavy atom. The van der Waals surface area contributed by atoms with E-state index in [0.29, 0.717) is 6.04 Å². The zero-order valence-electron chi connectivity index (χ0n) is 9.74. The van der Waals surface area contributed by atoms with Crippen LogP contribution in [-0.4, -0.2) is 9.55 Å². The minimum atomic E-state index is 0.391. The molecule has 0 aromatic carbocycles. The Balaban J connectivity index is 2.65. The third-order valence-electron chi connectivity index (χ3n) is 2.63. The van der Waals surface area contributed by atoms with Crippen LogP contribution in [0.15, 0.2) is 30.6 Å². The van der Waals surface area contributed by atoms with Gasteiger partial charge in [-0.1, -0.05) is 11.6 Å². The summed E-state index contributed by atoms with van der Waals surface area (Å²) >= 11 is 6.28. The zero-order valence-corrected chi connectivity index (χ0v) is 10.5. The van der Waals surface area contributed by atoms with E-state index in [9.17, 15) is 0 Å². The van der Waals surface area contributed by atoms with Crippen molar-refractivity contribution in [3.05, 3.63) is 41.3 Å². The second-order valence-electron chi connectivity index (χ2n) is 4.19. The number of hydrogen-bond acceptors (Lipinski definition) is 1. The summed E-state index contributed by atoms with van der Waals surface area (Å²) in [5.41, 5.74) is 3.30. The van der Waals surface area contributed by atoms with Crippen LogP contribution in [0, 0.1) is 6.92 Å². The maximum Gasteiger partial charge on any atom is 0.0689 e. The average Bonchev–Trinajstić information content (AvgIpc) is 2.55. The predicted molar refractivity (Wildman–Crippen MR) is 67.8 cm³/mol. The van der Waals surface area contributed by atoms with Gasteiger partial charge in [0.05, 0.1) is 10.7 Å². The van der Waals surface area contributed by atoms with Gasteiger partial charge >= 0.3 is 0 Å². The standard InChI is InChI=1S/C13H15ClN2/c1-9(2)16-10(3)7-12(14)13(16)11-5-4-6-15-8-11/h4-9H,1-3H3. The van der Waals surface area contributed by atoms with Crippen molar-refractivity contribution in [2.75, 3.05) is 0 Å². The van der Waals surface area contributed by atoms with Crippen LogP contribution < -0.4 is 0 Å². The molecule has 0 fully saturated rings. The molecule has 0 saturated carbocycles. The Kier molecular flexibility index (Phi) is 3.01. The van der Waals surface area contributed by atoms with Crippen molar-refractivity contribution in [1.29, 1.82) is 0 Å². The first-order valence-corrected chi connectivity index (χ1v) is 5.76. The molecule has 0 N–H and O–H groups in total. The Labute approximate surface area is 101 Å². The molecule has 0 radical (unpaired) electrons. The molecule has 0 amide bonds. The van der Waals surface area contributed by atoms with Crippen LogP contribution in [0.1, 0.15) is 25.6 Å². The van der Waals surface area contributed by atoms with Crippen LogP contribution in [0.3, 0.4) is 0 Å². The number of pyridine rings is 1. The quantitative estimate of drug-likeness (QED) is 0.765. The van der Waals surface area contributed by atoms with E-state index in [2.05, 4.69) is 30.3 Å². The summed E-state index contributed by atoms with van der Waals surface area (Å²) < 4.78 is 2.24. The monoisotopic (exact) mass is 234 g/mol. The van der Waals surface area contributed by atoms with Gasteiger partial charge in [-0.05, 0) is 39.0 Å². The lowest BCUT2D eigenvalue weighted by molar-refractivity contribution is 0.595. The first-order chi connectivity index (χ1) is 7.61. The minimum Gasteiger partial charge on any atom is -0.341 e. The van der Waals surface area contributed by atoms with Crippen LogP contribution in [0.4, 0.5) is 0 Å². The summed E-state index contributed by atoms with van der Waals surface area (Å²) in [7, 11) is 0. The summed E-state index contributed by atoms with van der Waals surface area (Å²) in [5.74, 6) is 0. The first kappa shape index (κ1) is 11.2. The molecule has 0 aliphatic carbocycles. The van der Waals surface area contributed by atoms with E-state index in [4.69, 9.17) is 11.6 Å². The van der Waals surface area contributed by atoms with Gasteiger partial charge in [-0.25, -0.2) is 0 Å². The van der Waals surface area contributed by atoms with Crippen molar-refractivity contribution >= 4 is 11.6 Å². The molecule has 0 saturated heterocycles. The van der Waals surface area contributed by atoms with Gasteiger partial charge in [-0.2, -0.15) is 0 Å². The summed E-state index contributed by atoms with van der Waals surface area (Å²) in [4.78, 5) is 4.14. The third-order valence-corrected chi connectivity index (χ3v) is 2.92. The fourth-order valence-electron chi connectivity index (χ4n) is 2.06. The van der Waals surface area contributed by atoms with Crippen LogP contribution >= 0.6 is 11.6 Å². The van der Waals surface area contributed by atoms with Crippen molar-refractivity contribution in [2.24, 2.45) is 0 Å². The van der Waals surface area contributed by atoms with E-state index in [-0.39, 0.29) is 0 Å². The lowest BCUT2D eigenvalue weighted by Gasteiger charge is -2.15. The van der Waals surface area contributed by atoms with Crippen LogP contribution in [0.25, 0.3) is 11.3 Å². The number of hydrogen-bond donors (Lipinski definition) is 0. The molecular formula is C13H15ClN2. The molecule has 16 heavy (non-hydrogen) atoms. The maximum atomic E-state index is 6.28. The second kappa shape index (κ2) is 4.30. The van der Waals surface area contributed by atoms with Gasteiger partial charge in [-0.3, -0.25) is 4.98 Å². The lowest BCUT2D eigenvalue weighted by Crippen LogP contribution is -2.04. The van der Waals surface area contributed by atoms with E-state index in [1.54, 1.807) is 6.20 Å². The molecule has 0 unspecified atom stereocenters. The molecule has 2 heterocycles. The molecule has 2 aromatic rings. The summed E-state index contributed by atoms with van der Waals surface area (Å²) in [6.07, 6.45) is 3.62. The van der Waals surface area contributed by atoms with Gasteiger partial charge in [0.15, 0.2) is 0 Å². The van der Waals surface area contributed by atoms with Crippen molar-refractivity contribution in [1.82, 2.24) is 9.55 Å². The fourth-order valence-corrected chi connectivity index (χ4v) is 2.42. The van der Waals surface area contributed by atoms with E-state index in [1.165, 1.54) is 5.69 Å². The Bertz CT molecular complexity index is 486. The first-order valence-electron chi connectivity index (χ1n) is 5.39. The third kappa shape index (κ3) is 1.85. The second-order valence-corrected chi connectivity index (χ2v) is 4.59. The van der Waals surface area contributed by atoms with Crippen molar-refractivity contribution in [3.8, 4) is 11.3 Å². The van der Waals surface area contributed by atoms with E-state index < -0.39 is 0 Å². The highest BCUT2D eigenvalue weighted by molar-refractivity contribution is 6.33. The maximum absolute atomic E-state index is 6.28. The molecule has 0 aliphatic heterocycles. The number of aromatic nitrogens is 2. The normalized spacial score (nSPS) is 11.1. The van der Waals surface area contributed by atoms with Gasteiger partial charge < -0.3 is 4.57 Å². The molecule has 0 aliphatic rings. The lowest BCUT2D eigenvalue weighted by atomic mass is 10.2. The number of rotatable bonds is 2. The summed E-state index contributed by atoms with van der Waals surface area (Å²) in [6, 6.07) is 6.36. The van der Waals surface area contributed by atoms with Gasteiger partial charge in [0.2, 0.25) is 0 Å². The Morgan fingerprint density at radius 3 is 2.69 bits per heavy atom. The zero-order chi connectivity index (χ0) is 11.7. The topological polar surface area (TPSA) is 17.8 Å². The largest absolute Gasteiger partial charge is 0.341 e. The summed E-state index contributed by atoms with van der Waals surface area (Å²) in [6.45, 7) is 6.39. The van der Waals surface area contributed by atoms with Gasteiger partial charge in [0.1, 0.15) is 0 Å². The van der Waals surface area contributed by atoms with Crippen LogP contribution in [-0.2, 0) is 0 Å². The molecule has 2 rings (SSSR count). The van der Waals surface area contributed by atoms with E-state index >= 15 is 0 Å². The van der Waals surface area contributed by atoms with Crippen molar-refractivity contribution in [2.45, 2.75) is 26.8 Å². The number of halogens is 1. The van der Waals surface area contributed by atoms with Gasteiger partial charge in [0, 0.05) is 29.7 Å². The Hall–Kier alpha value is -1.28. The number of nitrogens with zero attached hydrogens (tertiary/aromatic N) is 2. The van der Waals surface area contributed by atoms with Gasteiger partial charge in [-0.15, -0.1) is 0 Å². The van der Waals surface area contributed by atoms with Crippen LogP contribution in [0.5, 0.6) is 0 Å². The highest BCUT2D eigenvalue weighted by Crippen LogP contribution is 2.33. The van der Waals surface area contributed by atoms with Crippen molar-refractivity contribution in [3.63, 3.8) is 0 Å². The highest BCUT2D eigenvalue weighted by Gasteiger charge is 2.15. The molecule has 0 spiro atoms. The van der Waals surface area contributed by atoms with Crippen LogP contribution in [0.2, 0.25) is 5.02 Å². The highest BCUT2D eigenvalue weighted by atomic mass is 35.5. The van der Waals surface area contributed by atoms with E-state index in [0.717, 1.165) is 16.3 Å². The number of aryl methyl sites for hydroxylation is 1. The Morgan fingerprint density at radius 1 is 1.38 bits per heavy atom. The smallest absolute Gasteiger partial charge is 0.0689 e. The molecule has 0 atom stereocenters. The average molecular weight is 235 g/mol. The predicted octanol–water partition coefficient (Wildman–Crippen LogP) is 4.09.